The first-order valence-corrected chi connectivity index (χ1v) is 9.86. The molecule has 0 bridgehead atoms. The monoisotopic (exact) mass is 411 g/mol. The van der Waals surface area contributed by atoms with Gasteiger partial charge in [0.25, 0.3) is 0 Å². The highest BCUT2D eigenvalue weighted by molar-refractivity contribution is 7.13. The number of hydrogen-bond donors (Lipinski definition) is 1. The lowest BCUT2D eigenvalue weighted by Crippen LogP contribution is -2.17. The van der Waals surface area contributed by atoms with E-state index in [4.69, 9.17) is 9.47 Å². The largest absolute Gasteiger partial charge is 0.493 e. The highest BCUT2D eigenvalue weighted by atomic mass is 32.1. The van der Waals surface area contributed by atoms with Crippen molar-refractivity contribution in [1.29, 1.82) is 0 Å². The second-order valence-corrected chi connectivity index (χ2v) is 7.26. The van der Waals surface area contributed by atoms with Crippen LogP contribution in [0.1, 0.15) is 23.6 Å². The van der Waals surface area contributed by atoms with Crippen LogP contribution in [0, 0.1) is 0 Å². The van der Waals surface area contributed by atoms with Crippen LogP contribution in [0.25, 0.3) is 10.6 Å². The van der Waals surface area contributed by atoms with E-state index in [9.17, 15) is 14.7 Å². The van der Waals surface area contributed by atoms with E-state index in [2.05, 4.69) is 4.98 Å². The maximum atomic E-state index is 12.5. The van der Waals surface area contributed by atoms with Crippen LogP contribution in [0.5, 0.6) is 11.5 Å². The molecule has 0 spiro atoms. The summed E-state index contributed by atoms with van der Waals surface area (Å²) >= 11 is 1.40. The van der Waals surface area contributed by atoms with Gasteiger partial charge in [-0.1, -0.05) is 36.4 Å². The molecule has 0 saturated carbocycles. The number of para-hydroxylation sites is 1. The molecule has 3 rings (SSSR count). The van der Waals surface area contributed by atoms with Crippen molar-refractivity contribution in [2.24, 2.45) is 0 Å². The zero-order valence-corrected chi connectivity index (χ0v) is 16.9. The molecule has 0 fully saturated rings. The van der Waals surface area contributed by atoms with Gasteiger partial charge in [0.1, 0.15) is 10.8 Å². The number of benzene rings is 2. The van der Waals surface area contributed by atoms with Gasteiger partial charge in [-0.25, -0.2) is 4.98 Å². The highest BCUT2D eigenvalue weighted by Gasteiger charge is 2.24. The number of aromatic nitrogens is 1. The number of carboxylic acid groups (broad SMARTS) is 1. The summed E-state index contributed by atoms with van der Waals surface area (Å²) in [5, 5.41) is 12.0. The fraction of sp³-hybridized carbons (Fsp3) is 0.227. The van der Waals surface area contributed by atoms with Gasteiger partial charge in [0.15, 0.2) is 11.5 Å². The molecule has 1 N–H and O–H groups in total. The number of hydrogen-bond acceptors (Lipinski definition) is 6. The molecule has 1 aromatic heterocycles. The molecular formula is C22H21NO5S. The molecule has 1 heterocycles. The van der Waals surface area contributed by atoms with E-state index in [1.807, 2.05) is 23.6 Å². The Labute approximate surface area is 172 Å². The normalized spacial score (nSPS) is 11.7. The SMILES string of the molecule is COc1cccc(-c2nc(CC(=O)C[C@@H](C(=O)O)c3ccccc3)cs2)c1OC. The predicted octanol–water partition coefficient (Wildman–Crippen LogP) is 4.20. The zero-order valence-electron chi connectivity index (χ0n) is 16.1. The van der Waals surface area contributed by atoms with Crippen LogP contribution in [0.15, 0.2) is 53.9 Å². The van der Waals surface area contributed by atoms with E-state index in [0.29, 0.717) is 27.8 Å². The van der Waals surface area contributed by atoms with Gasteiger partial charge in [-0.05, 0) is 17.7 Å². The number of Topliss-reactive ketones (excluding diaryl/α,β-unsaturated/α-hetero) is 1. The minimum absolute atomic E-state index is 0.0747. The number of rotatable bonds is 9. The predicted molar refractivity (Wildman–Crippen MR) is 111 cm³/mol. The summed E-state index contributed by atoms with van der Waals surface area (Å²) in [4.78, 5) is 28.7. The molecule has 6 nitrogen and oxygen atoms in total. The van der Waals surface area contributed by atoms with E-state index >= 15 is 0 Å². The Balaban J connectivity index is 1.75. The van der Waals surface area contributed by atoms with Gasteiger partial charge in [-0.15, -0.1) is 11.3 Å². The summed E-state index contributed by atoms with van der Waals surface area (Å²) in [7, 11) is 3.13. The van der Waals surface area contributed by atoms with Crippen molar-refractivity contribution in [2.75, 3.05) is 14.2 Å². The fourth-order valence-electron chi connectivity index (χ4n) is 3.10. The van der Waals surface area contributed by atoms with Crippen LogP contribution in [0.3, 0.4) is 0 Å². The quantitative estimate of drug-likeness (QED) is 0.568. The van der Waals surface area contributed by atoms with Crippen LogP contribution < -0.4 is 9.47 Å². The smallest absolute Gasteiger partial charge is 0.311 e. The number of carbonyl (C=O) groups is 2. The van der Waals surface area contributed by atoms with Crippen LogP contribution in [-0.2, 0) is 16.0 Å². The first-order chi connectivity index (χ1) is 14.0. The molecular weight excluding hydrogens is 390 g/mol. The van der Waals surface area contributed by atoms with E-state index in [1.54, 1.807) is 44.6 Å². The molecule has 150 valence electrons. The zero-order chi connectivity index (χ0) is 20.8. The molecule has 0 radical (unpaired) electrons. The second-order valence-electron chi connectivity index (χ2n) is 6.41. The van der Waals surface area contributed by atoms with Crippen LogP contribution in [-0.4, -0.2) is 36.1 Å². The molecule has 0 unspecified atom stereocenters. The first-order valence-electron chi connectivity index (χ1n) is 8.98. The fourth-order valence-corrected chi connectivity index (χ4v) is 3.94. The molecule has 0 amide bonds. The van der Waals surface area contributed by atoms with Crippen molar-refractivity contribution in [1.82, 2.24) is 4.98 Å². The molecule has 0 aliphatic carbocycles. The second kappa shape index (κ2) is 9.34. The lowest BCUT2D eigenvalue weighted by molar-refractivity contribution is -0.140. The van der Waals surface area contributed by atoms with Gasteiger partial charge in [-0.3, -0.25) is 9.59 Å². The molecule has 0 aliphatic rings. The molecule has 29 heavy (non-hydrogen) atoms. The summed E-state index contributed by atoms with van der Waals surface area (Å²) < 4.78 is 10.8. The van der Waals surface area contributed by atoms with Crippen molar-refractivity contribution in [3.8, 4) is 22.1 Å². The lowest BCUT2D eigenvalue weighted by Gasteiger charge is -2.11. The van der Waals surface area contributed by atoms with Crippen LogP contribution in [0.2, 0.25) is 0 Å². The standard InChI is InChI=1S/C22H21NO5S/c1-27-19-10-6-9-17(20(19)28-2)21-23-15(13-29-21)11-16(24)12-18(22(25)26)14-7-4-3-5-8-14/h3-10,13,18H,11-12H2,1-2H3,(H,25,26)/t18-/m1/s1. The summed E-state index contributed by atoms with van der Waals surface area (Å²) in [5.41, 5.74) is 2.01. The van der Waals surface area contributed by atoms with E-state index in [0.717, 1.165) is 5.56 Å². The Morgan fingerprint density at radius 1 is 1.07 bits per heavy atom. The molecule has 2 aromatic carbocycles. The van der Waals surface area contributed by atoms with E-state index in [1.165, 1.54) is 11.3 Å². The van der Waals surface area contributed by atoms with Gasteiger partial charge in [0, 0.05) is 18.2 Å². The third-order valence-electron chi connectivity index (χ3n) is 4.50. The van der Waals surface area contributed by atoms with Gasteiger partial charge < -0.3 is 14.6 Å². The Morgan fingerprint density at radius 2 is 1.83 bits per heavy atom. The molecule has 1 atom stereocenters. The summed E-state index contributed by atoms with van der Waals surface area (Å²) in [6, 6.07) is 14.3. The topological polar surface area (TPSA) is 85.7 Å². The third-order valence-corrected chi connectivity index (χ3v) is 5.42. The Hall–Kier alpha value is -3.19. The molecule has 7 heteroatoms. The van der Waals surface area contributed by atoms with Crippen molar-refractivity contribution in [2.45, 2.75) is 18.8 Å². The maximum absolute atomic E-state index is 12.5. The average molecular weight is 411 g/mol. The number of thiazole rings is 1. The summed E-state index contributed by atoms with van der Waals surface area (Å²) in [5.74, 6) is -0.858. The van der Waals surface area contributed by atoms with Crippen molar-refractivity contribution >= 4 is 23.1 Å². The molecule has 0 saturated heterocycles. The van der Waals surface area contributed by atoms with Crippen molar-refractivity contribution < 1.29 is 24.2 Å². The van der Waals surface area contributed by atoms with Gasteiger partial charge >= 0.3 is 5.97 Å². The van der Waals surface area contributed by atoms with Gasteiger partial charge in [0.2, 0.25) is 0 Å². The maximum Gasteiger partial charge on any atom is 0.311 e. The van der Waals surface area contributed by atoms with E-state index in [-0.39, 0.29) is 18.6 Å². The number of ketones is 1. The Morgan fingerprint density at radius 3 is 2.48 bits per heavy atom. The number of carboxylic acids is 1. The highest BCUT2D eigenvalue weighted by Crippen LogP contribution is 2.39. The number of aliphatic carboxylic acids is 1. The number of carbonyl (C=O) groups excluding carboxylic acids is 1. The molecule has 3 aromatic rings. The number of methoxy groups -OCH3 is 2. The summed E-state index contributed by atoms with van der Waals surface area (Å²) in [6.07, 6.45) is 0.00802. The van der Waals surface area contributed by atoms with E-state index < -0.39 is 11.9 Å². The van der Waals surface area contributed by atoms with Crippen molar-refractivity contribution in [3.63, 3.8) is 0 Å². The number of nitrogens with zero attached hydrogens (tertiary/aromatic N) is 1. The molecule has 0 aliphatic heterocycles. The Kier molecular flexibility index (Phi) is 6.61. The average Bonchev–Trinajstić information content (AvgIpc) is 3.19. The lowest BCUT2D eigenvalue weighted by atomic mass is 9.93. The summed E-state index contributed by atoms with van der Waals surface area (Å²) in [6.45, 7) is 0. The Bertz CT molecular complexity index is 999. The first kappa shape index (κ1) is 20.5. The minimum atomic E-state index is -1.01. The number of ether oxygens (including phenoxy) is 2. The third kappa shape index (κ3) is 4.81. The van der Waals surface area contributed by atoms with Crippen LogP contribution in [0.4, 0.5) is 0 Å². The van der Waals surface area contributed by atoms with Crippen LogP contribution >= 0.6 is 11.3 Å². The van der Waals surface area contributed by atoms with Gasteiger partial charge in [-0.2, -0.15) is 0 Å². The van der Waals surface area contributed by atoms with Gasteiger partial charge in [0.05, 0.1) is 31.4 Å². The minimum Gasteiger partial charge on any atom is -0.493 e. The van der Waals surface area contributed by atoms with Crippen molar-refractivity contribution in [3.05, 3.63) is 65.2 Å².